The third kappa shape index (κ3) is 5.26. The van der Waals surface area contributed by atoms with Gasteiger partial charge in [-0.15, -0.1) is 28.8 Å². The van der Waals surface area contributed by atoms with Gasteiger partial charge in [0.15, 0.2) is 0 Å². The van der Waals surface area contributed by atoms with Gasteiger partial charge in [0.1, 0.15) is 0 Å². The molecule has 188 valence electrons. The summed E-state index contributed by atoms with van der Waals surface area (Å²) in [7, 11) is 0. The Morgan fingerprint density at radius 1 is 0.658 bits per heavy atom. The van der Waals surface area contributed by atoms with E-state index in [0.717, 1.165) is 49.6 Å². The Kier molecular flexibility index (Phi) is 7.14. The van der Waals surface area contributed by atoms with Crippen molar-refractivity contribution in [2.75, 3.05) is 0 Å². The Morgan fingerprint density at radius 3 is 2.13 bits per heavy atom. The molecule has 4 heteroatoms. The van der Waals surface area contributed by atoms with E-state index >= 15 is 0 Å². The van der Waals surface area contributed by atoms with Crippen molar-refractivity contribution in [2.45, 2.75) is 26.2 Å². The van der Waals surface area contributed by atoms with Crippen LogP contribution in [-0.4, -0.2) is 9.97 Å². The molecule has 0 N–H and O–H groups in total. The molecule has 4 aromatic carbocycles. The molecule has 2 heterocycles. The quantitative estimate of drug-likeness (QED) is 0.176. The number of hydrogen-bond acceptors (Lipinski definition) is 3. The molecule has 0 saturated carbocycles. The Morgan fingerprint density at radius 2 is 1.37 bits per heavy atom. The van der Waals surface area contributed by atoms with E-state index in [-0.39, 0.29) is 26.5 Å². The van der Waals surface area contributed by atoms with Crippen LogP contribution < -0.4 is 4.74 Å². The van der Waals surface area contributed by atoms with E-state index < -0.39 is 0 Å². The minimum atomic E-state index is -0.0829. The summed E-state index contributed by atoms with van der Waals surface area (Å²) in [5, 5.41) is 4.32. The maximum atomic E-state index is 6.57. The molecule has 6 aromatic rings. The number of aromatic nitrogens is 2. The fourth-order valence-electron chi connectivity index (χ4n) is 4.46. The maximum Gasteiger partial charge on any atom is 2.00 e. The van der Waals surface area contributed by atoms with Crippen molar-refractivity contribution < 1.29 is 25.8 Å². The first-order valence-electron chi connectivity index (χ1n) is 12.4. The van der Waals surface area contributed by atoms with E-state index in [1.165, 1.54) is 0 Å². The van der Waals surface area contributed by atoms with Crippen molar-refractivity contribution >= 4 is 21.5 Å². The van der Waals surface area contributed by atoms with Crippen LogP contribution in [0.15, 0.2) is 103 Å². The monoisotopic (exact) mass is 673 g/mol. The summed E-state index contributed by atoms with van der Waals surface area (Å²) in [6, 6.07) is 37.7. The second-order valence-electron chi connectivity index (χ2n) is 10.2. The molecular formula is C34H26N2OPt. The van der Waals surface area contributed by atoms with Gasteiger partial charge in [-0.25, -0.2) is 0 Å². The molecule has 0 aliphatic rings. The molecule has 0 fully saturated rings. The van der Waals surface area contributed by atoms with Crippen LogP contribution in [-0.2, 0) is 26.5 Å². The number of nitrogens with zero attached hydrogens (tertiary/aromatic N) is 2. The first-order valence-corrected chi connectivity index (χ1v) is 12.4. The van der Waals surface area contributed by atoms with Gasteiger partial charge >= 0.3 is 21.1 Å². The second kappa shape index (κ2) is 10.5. The summed E-state index contributed by atoms with van der Waals surface area (Å²) in [5.41, 5.74) is 4.57. The minimum absolute atomic E-state index is 0. The first-order chi connectivity index (χ1) is 17.9. The summed E-state index contributed by atoms with van der Waals surface area (Å²) >= 11 is 0. The van der Waals surface area contributed by atoms with Gasteiger partial charge in [-0.1, -0.05) is 116 Å². The van der Waals surface area contributed by atoms with Crippen molar-refractivity contribution in [2.24, 2.45) is 0 Å². The number of fused-ring (bicyclic) bond motifs is 2. The molecule has 0 radical (unpaired) electrons. The predicted molar refractivity (Wildman–Crippen MR) is 151 cm³/mol. The molecule has 2 aromatic heterocycles. The molecule has 3 nitrogen and oxygen atoms in total. The Balaban J connectivity index is 0.00000294. The topological polar surface area (TPSA) is 35.0 Å². The number of pyridine rings is 2. The van der Waals surface area contributed by atoms with Crippen molar-refractivity contribution in [3.63, 3.8) is 0 Å². The van der Waals surface area contributed by atoms with Crippen LogP contribution in [0.3, 0.4) is 0 Å². The van der Waals surface area contributed by atoms with Gasteiger partial charge in [0.25, 0.3) is 0 Å². The van der Waals surface area contributed by atoms with E-state index in [4.69, 9.17) is 9.72 Å². The Hall–Kier alpha value is -3.81. The summed E-state index contributed by atoms with van der Waals surface area (Å²) in [4.78, 5) is 9.28. The molecule has 0 aliphatic carbocycles. The van der Waals surface area contributed by atoms with Crippen LogP contribution in [0.25, 0.3) is 44.1 Å². The summed E-state index contributed by atoms with van der Waals surface area (Å²) in [6.07, 6.45) is 3.71. The Bertz CT molecular complexity index is 1740. The van der Waals surface area contributed by atoms with Crippen molar-refractivity contribution in [3.8, 4) is 34.0 Å². The largest absolute Gasteiger partial charge is 2.00 e. The summed E-state index contributed by atoms with van der Waals surface area (Å²) in [5.74, 6) is 1.29. The van der Waals surface area contributed by atoms with E-state index in [1.807, 2.05) is 48.7 Å². The molecule has 0 spiro atoms. The fraction of sp³-hybridized carbons (Fsp3) is 0.118. The molecule has 0 aliphatic heterocycles. The van der Waals surface area contributed by atoms with Gasteiger partial charge in [-0.05, 0) is 33.6 Å². The standard InChI is InChI=1S/C34H26N2O.Pt/c1-34(2,3)28-17-27(32-19-23-10-4-5-12-25(23)22-36-32)18-29(21-28)37-33-20-26(31-14-8-9-15-35-31)16-24-11-6-7-13-30(24)33;/h4-17,19,21-22H,1-3H3;/q-2;+2. The van der Waals surface area contributed by atoms with E-state index in [0.29, 0.717) is 11.5 Å². The third-order valence-corrected chi connectivity index (χ3v) is 6.52. The minimum Gasteiger partial charge on any atom is -0.496 e. The molecule has 0 saturated heterocycles. The molecule has 0 bridgehead atoms. The molecule has 0 atom stereocenters. The fourth-order valence-corrected chi connectivity index (χ4v) is 4.46. The summed E-state index contributed by atoms with van der Waals surface area (Å²) < 4.78 is 6.57. The Labute approximate surface area is 237 Å². The van der Waals surface area contributed by atoms with E-state index in [1.54, 1.807) is 6.20 Å². The normalized spacial score (nSPS) is 11.3. The number of benzene rings is 4. The van der Waals surface area contributed by atoms with Gasteiger partial charge in [0.2, 0.25) is 0 Å². The molecule has 0 unspecified atom stereocenters. The van der Waals surface area contributed by atoms with Gasteiger partial charge in [0.05, 0.1) is 5.75 Å². The molecule has 0 amide bonds. The van der Waals surface area contributed by atoms with Crippen LogP contribution in [0.4, 0.5) is 0 Å². The van der Waals surface area contributed by atoms with E-state index in [9.17, 15) is 0 Å². The van der Waals surface area contributed by atoms with Crippen molar-refractivity contribution in [1.29, 1.82) is 0 Å². The second-order valence-corrected chi connectivity index (χ2v) is 10.2. The third-order valence-electron chi connectivity index (χ3n) is 6.52. The predicted octanol–water partition coefficient (Wildman–Crippen LogP) is 8.80. The number of hydrogen-bond donors (Lipinski definition) is 0. The van der Waals surface area contributed by atoms with Crippen molar-refractivity contribution in [1.82, 2.24) is 9.97 Å². The number of rotatable bonds is 4. The molecule has 38 heavy (non-hydrogen) atoms. The smallest absolute Gasteiger partial charge is 0.496 e. The SMILES string of the molecule is CC(C)(C)c1cc(Oc2[c-]c(-c3ccccn3)cc3ccccc23)[c-]c(-c2cc3ccccc3cn2)c1.[Pt+2]. The zero-order valence-electron chi connectivity index (χ0n) is 21.4. The van der Waals surface area contributed by atoms with Gasteiger partial charge < -0.3 is 14.7 Å². The zero-order chi connectivity index (χ0) is 25.4. The van der Waals surface area contributed by atoms with Gasteiger partial charge in [-0.3, -0.25) is 0 Å². The number of ether oxygens (including phenoxy) is 1. The summed E-state index contributed by atoms with van der Waals surface area (Å²) in [6.45, 7) is 6.60. The van der Waals surface area contributed by atoms with E-state index in [2.05, 4.69) is 86.4 Å². The van der Waals surface area contributed by atoms with Crippen LogP contribution in [0.2, 0.25) is 0 Å². The zero-order valence-corrected chi connectivity index (χ0v) is 23.7. The van der Waals surface area contributed by atoms with Crippen LogP contribution in [0.5, 0.6) is 11.5 Å². The van der Waals surface area contributed by atoms with Crippen LogP contribution in [0.1, 0.15) is 26.3 Å². The van der Waals surface area contributed by atoms with Gasteiger partial charge in [-0.2, -0.15) is 0 Å². The average Bonchev–Trinajstić information content (AvgIpc) is 2.92. The van der Waals surface area contributed by atoms with Crippen LogP contribution in [0, 0.1) is 12.1 Å². The van der Waals surface area contributed by atoms with Gasteiger partial charge in [0, 0.05) is 18.1 Å². The average molecular weight is 674 g/mol. The van der Waals surface area contributed by atoms with Crippen LogP contribution >= 0.6 is 0 Å². The molecule has 6 rings (SSSR count). The molecular weight excluding hydrogens is 647 g/mol. The van der Waals surface area contributed by atoms with Crippen molar-refractivity contribution in [3.05, 3.63) is 121 Å². The maximum absolute atomic E-state index is 6.57. The first kappa shape index (κ1) is 25.8.